The fraction of sp³-hybridized carbons (Fsp3) is 0.278. The van der Waals surface area contributed by atoms with E-state index in [9.17, 15) is 18.3 Å². The number of benzene rings is 2. The second-order valence-corrected chi connectivity index (χ2v) is 7.87. The highest BCUT2D eigenvalue weighted by atomic mass is 32.2. The molecule has 3 rings (SSSR count). The third kappa shape index (κ3) is 2.67. The molecule has 1 atom stereocenters. The zero-order valence-corrected chi connectivity index (χ0v) is 14.4. The van der Waals surface area contributed by atoms with E-state index in [4.69, 9.17) is 0 Å². The fourth-order valence-electron chi connectivity index (χ4n) is 3.09. The van der Waals surface area contributed by atoms with Crippen LogP contribution in [0.15, 0.2) is 47.4 Å². The number of aryl methyl sites for hydroxylation is 1. The number of sulfonamides is 1. The van der Waals surface area contributed by atoms with Crippen LogP contribution in [-0.4, -0.2) is 25.3 Å². The molecule has 1 N–H and O–H groups in total. The molecule has 0 aliphatic carbocycles. The topological polar surface area (TPSA) is 74.7 Å². The number of nitrogens with zero attached hydrogens (tertiary/aromatic N) is 1. The lowest BCUT2D eigenvalue weighted by atomic mass is 9.99. The quantitative estimate of drug-likeness (QED) is 0.867. The summed E-state index contributed by atoms with van der Waals surface area (Å²) in [5.41, 5.74) is 1.67. The summed E-state index contributed by atoms with van der Waals surface area (Å²) in [6.07, 6.45) is 1.56. The molecular weight excluding hydrogens is 326 g/mol. The number of fused-ring (bicyclic) bond motifs is 1. The number of carbonyl (C=O) groups is 1. The van der Waals surface area contributed by atoms with Crippen LogP contribution in [0.1, 0.15) is 36.2 Å². The van der Waals surface area contributed by atoms with Crippen molar-refractivity contribution < 1.29 is 18.3 Å². The first-order valence-electron chi connectivity index (χ1n) is 7.78. The minimum absolute atomic E-state index is 0.00835. The van der Waals surface area contributed by atoms with Gasteiger partial charge in [0.25, 0.3) is 10.0 Å². The Hall–Kier alpha value is -2.34. The van der Waals surface area contributed by atoms with E-state index in [1.807, 2.05) is 25.1 Å². The Morgan fingerprint density at radius 1 is 1.21 bits per heavy atom. The van der Waals surface area contributed by atoms with Crippen molar-refractivity contribution in [3.05, 3.63) is 53.6 Å². The van der Waals surface area contributed by atoms with Gasteiger partial charge >= 0.3 is 0 Å². The smallest absolute Gasteiger partial charge is 0.264 e. The molecule has 2 aromatic rings. The molecule has 0 fully saturated rings. The van der Waals surface area contributed by atoms with Crippen LogP contribution >= 0.6 is 0 Å². The summed E-state index contributed by atoms with van der Waals surface area (Å²) in [5, 5.41) is 9.76. The number of anilines is 1. The van der Waals surface area contributed by atoms with E-state index in [1.165, 1.54) is 29.4 Å². The van der Waals surface area contributed by atoms with E-state index in [2.05, 4.69) is 0 Å². The Bertz CT molecular complexity index is 905. The van der Waals surface area contributed by atoms with Crippen LogP contribution in [0.4, 0.5) is 5.69 Å². The van der Waals surface area contributed by atoms with Crippen LogP contribution in [0.25, 0.3) is 0 Å². The lowest BCUT2D eigenvalue weighted by Crippen LogP contribution is -2.42. The molecule has 24 heavy (non-hydrogen) atoms. The Labute approximate surface area is 141 Å². The summed E-state index contributed by atoms with van der Waals surface area (Å²) in [6.45, 7) is 3.17. The summed E-state index contributed by atoms with van der Waals surface area (Å²) in [4.78, 5) is 11.6. The van der Waals surface area contributed by atoms with Gasteiger partial charge in [0.1, 0.15) is 5.75 Å². The Kier molecular flexibility index (Phi) is 4.09. The van der Waals surface area contributed by atoms with E-state index < -0.39 is 10.0 Å². The van der Waals surface area contributed by atoms with Crippen LogP contribution < -0.4 is 4.31 Å². The molecule has 1 heterocycles. The Morgan fingerprint density at radius 3 is 2.62 bits per heavy atom. The van der Waals surface area contributed by atoms with Crippen molar-refractivity contribution in [2.24, 2.45) is 0 Å². The third-order valence-corrected chi connectivity index (χ3v) is 6.29. The van der Waals surface area contributed by atoms with Gasteiger partial charge in [0.15, 0.2) is 5.78 Å². The van der Waals surface area contributed by atoms with Crippen molar-refractivity contribution >= 4 is 21.5 Å². The normalized spacial score (nSPS) is 17.4. The van der Waals surface area contributed by atoms with Crippen molar-refractivity contribution in [1.82, 2.24) is 0 Å². The number of para-hydroxylation sites is 1. The van der Waals surface area contributed by atoms with Gasteiger partial charge in [-0.1, -0.05) is 18.2 Å². The van der Waals surface area contributed by atoms with Crippen LogP contribution in [0.2, 0.25) is 0 Å². The first-order chi connectivity index (χ1) is 11.3. The molecule has 0 saturated carbocycles. The van der Waals surface area contributed by atoms with Gasteiger partial charge in [0, 0.05) is 6.04 Å². The molecule has 1 unspecified atom stereocenters. The zero-order valence-electron chi connectivity index (χ0n) is 13.6. The summed E-state index contributed by atoms with van der Waals surface area (Å²) in [5.74, 6) is -0.592. The number of rotatable bonds is 3. The van der Waals surface area contributed by atoms with Gasteiger partial charge in [-0.15, -0.1) is 0 Å². The maximum absolute atomic E-state index is 13.2. The highest BCUT2D eigenvalue weighted by Gasteiger charge is 2.34. The molecule has 0 radical (unpaired) electrons. The molecule has 0 aromatic heterocycles. The summed E-state index contributed by atoms with van der Waals surface area (Å²) in [6, 6.07) is 11.1. The number of Topliss-reactive ketones (excluding diaryl/α,β-unsaturated/α-hetero) is 1. The summed E-state index contributed by atoms with van der Waals surface area (Å²) in [7, 11) is -3.83. The predicted molar refractivity (Wildman–Crippen MR) is 92.0 cm³/mol. The molecule has 0 amide bonds. The number of phenols is 1. The van der Waals surface area contributed by atoms with Crippen molar-refractivity contribution in [3.8, 4) is 5.75 Å². The van der Waals surface area contributed by atoms with Crippen molar-refractivity contribution in [2.75, 3.05) is 4.31 Å². The van der Waals surface area contributed by atoms with E-state index in [-0.39, 0.29) is 28.0 Å². The van der Waals surface area contributed by atoms with Gasteiger partial charge in [0.05, 0.1) is 16.1 Å². The molecule has 6 heteroatoms. The van der Waals surface area contributed by atoms with Crippen LogP contribution in [0, 0.1) is 0 Å². The van der Waals surface area contributed by atoms with Gasteiger partial charge in [-0.25, -0.2) is 8.42 Å². The van der Waals surface area contributed by atoms with Gasteiger partial charge < -0.3 is 5.11 Å². The van der Waals surface area contributed by atoms with Crippen LogP contribution in [0.3, 0.4) is 0 Å². The number of phenolic OH excluding ortho intramolecular Hbond substituents is 1. The van der Waals surface area contributed by atoms with E-state index in [0.717, 1.165) is 18.4 Å². The molecule has 126 valence electrons. The van der Waals surface area contributed by atoms with Crippen molar-refractivity contribution in [1.29, 1.82) is 0 Å². The summed E-state index contributed by atoms with van der Waals surface area (Å²) < 4.78 is 27.8. The third-order valence-electron chi connectivity index (χ3n) is 4.36. The van der Waals surface area contributed by atoms with Gasteiger partial charge in [-0.2, -0.15) is 0 Å². The second kappa shape index (κ2) is 5.94. The number of ketones is 1. The largest absolute Gasteiger partial charge is 0.507 e. The minimum atomic E-state index is -3.83. The monoisotopic (exact) mass is 345 g/mol. The number of hydrogen-bond donors (Lipinski definition) is 1. The molecule has 0 spiro atoms. The fourth-order valence-corrected chi connectivity index (χ4v) is 4.84. The van der Waals surface area contributed by atoms with E-state index in [1.54, 1.807) is 6.07 Å². The lowest BCUT2D eigenvalue weighted by Gasteiger charge is -2.36. The van der Waals surface area contributed by atoms with E-state index >= 15 is 0 Å². The first kappa shape index (κ1) is 16.5. The average molecular weight is 345 g/mol. The maximum Gasteiger partial charge on any atom is 0.264 e. The van der Waals surface area contributed by atoms with Crippen molar-refractivity contribution in [3.63, 3.8) is 0 Å². The molecule has 1 aliphatic rings. The predicted octanol–water partition coefficient (Wildman–Crippen LogP) is 3.12. The number of hydrogen-bond acceptors (Lipinski definition) is 4. The molecule has 2 aromatic carbocycles. The molecule has 5 nitrogen and oxygen atoms in total. The maximum atomic E-state index is 13.2. The van der Waals surface area contributed by atoms with Gasteiger partial charge in [-0.3, -0.25) is 9.10 Å². The summed E-state index contributed by atoms with van der Waals surface area (Å²) >= 11 is 0. The molecule has 1 aliphatic heterocycles. The SMILES string of the molecule is CC(=O)c1cc(S(=O)(=O)N2c3ccccc3CCC2C)ccc1O. The van der Waals surface area contributed by atoms with E-state index in [0.29, 0.717) is 5.69 Å². The van der Waals surface area contributed by atoms with Crippen LogP contribution in [-0.2, 0) is 16.4 Å². The van der Waals surface area contributed by atoms with Crippen LogP contribution in [0.5, 0.6) is 5.75 Å². The second-order valence-electron chi connectivity index (χ2n) is 6.05. The number of carbonyl (C=O) groups excluding carboxylic acids is 1. The van der Waals surface area contributed by atoms with Gasteiger partial charge in [-0.05, 0) is 56.5 Å². The Morgan fingerprint density at radius 2 is 1.92 bits per heavy atom. The minimum Gasteiger partial charge on any atom is -0.507 e. The van der Waals surface area contributed by atoms with Gasteiger partial charge in [0.2, 0.25) is 0 Å². The highest BCUT2D eigenvalue weighted by Crippen LogP contribution is 2.36. The number of aromatic hydroxyl groups is 1. The first-order valence-corrected chi connectivity index (χ1v) is 9.22. The molecule has 0 saturated heterocycles. The molecule has 0 bridgehead atoms. The standard InChI is InChI=1S/C18H19NO4S/c1-12-7-8-14-5-3-4-6-17(14)19(12)24(22,23)15-9-10-18(21)16(11-15)13(2)20/h3-6,9-12,21H,7-8H2,1-2H3. The lowest BCUT2D eigenvalue weighted by molar-refractivity contribution is 0.101. The highest BCUT2D eigenvalue weighted by molar-refractivity contribution is 7.92. The molecular formula is C18H19NO4S. The average Bonchev–Trinajstić information content (AvgIpc) is 2.54. The van der Waals surface area contributed by atoms with Crippen molar-refractivity contribution in [2.45, 2.75) is 37.6 Å². The zero-order chi connectivity index (χ0) is 17.5. The Balaban J connectivity index is 2.15.